The van der Waals surface area contributed by atoms with Gasteiger partial charge in [0.1, 0.15) is 17.7 Å². The third-order valence-corrected chi connectivity index (χ3v) is 5.45. The van der Waals surface area contributed by atoms with Crippen molar-refractivity contribution in [3.63, 3.8) is 0 Å². The number of rotatable bonds is 5. The Bertz CT molecular complexity index is 1080. The van der Waals surface area contributed by atoms with E-state index in [1.54, 1.807) is 6.07 Å². The van der Waals surface area contributed by atoms with Gasteiger partial charge in [0.15, 0.2) is 0 Å². The van der Waals surface area contributed by atoms with Gasteiger partial charge in [0, 0.05) is 17.4 Å². The number of aromatic nitrogens is 2. The summed E-state index contributed by atoms with van der Waals surface area (Å²) in [5.41, 5.74) is 6.89. The quantitative estimate of drug-likeness (QED) is 0.519. The van der Waals surface area contributed by atoms with Gasteiger partial charge in [-0.05, 0) is 74.3 Å². The smallest absolute Gasteiger partial charge is 0.416 e. The highest BCUT2D eigenvalue weighted by atomic mass is 19.4. The zero-order valence-electron chi connectivity index (χ0n) is 17.5. The molecule has 1 saturated heterocycles. The summed E-state index contributed by atoms with van der Waals surface area (Å²) in [5, 5.41) is 6.36. The Kier molecular flexibility index (Phi) is 6.18. The molecule has 0 saturated carbocycles. The van der Waals surface area contributed by atoms with Crippen molar-refractivity contribution in [2.45, 2.75) is 32.0 Å². The number of hydrogen-bond acceptors (Lipinski definition) is 6. The molecule has 1 aromatic heterocycles. The third kappa shape index (κ3) is 4.94. The highest BCUT2D eigenvalue weighted by molar-refractivity contribution is 5.77. The second-order valence-corrected chi connectivity index (χ2v) is 7.69. The number of benzene rings is 2. The zero-order valence-corrected chi connectivity index (χ0v) is 17.5. The van der Waals surface area contributed by atoms with Crippen LogP contribution in [-0.2, 0) is 6.18 Å². The van der Waals surface area contributed by atoms with E-state index in [1.165, 1.54) is 19.2 Å². The number of piperidine rings is 1. The summed E-state index contributed by atoms with van der Waals surface area (Å²) in [7, 11) is 0. The molecule has 4 rings (SSSR count). The summed E-state index contributed by atoms with van der Waals surface area (Å²) in [5.74, 6) is 1.14. The zero-order chi connectivity index (χ0) is 22.7. The fraction of sp³-hybridized carbons (Fsp3) is 0.304. The van der Waals surface area contributed by atoms with Crippen molar-refractivity contribution < 1.29 is 17.9 Å². The topological polar surface area (TPSA) is 85.1 Å². The largest absolute Gasteiger partial charge is 0.490 e. The molecule has 4 N–H and O–H groups in total. The minimum atomic E-state index is -4.44. The van der Waals surface area contributed by atoms with Crippen molar-refractivity contribution in [2.24, 2.45) is 0 Å². The number of nitrogens with two attached hydrogens (primary N) is 1. The molecular weight excluding hydrogens is 419 g/mol. The van der Waals surface area contributed by atoms with Crippen LogP contribution in [0.2, 0.25) is 0 Å². The Hall–Kier alpha value is -3.33. The van der Waals surface area contributed by atoms with Crippen LogP contribution in [0.1, 0.15) is 24.0 Å². The van der Waals surface area contributed by atoms with Gasteiger partial charge < -0.3 is 21.1 Å². The van der Waals surface area contributed by atoms with Gasteiger partial charge in [0.25, 0.3) is 0 Å². The molecule has 0 radical (unpaired) electrons. The summed E-state index contributed by atoms with van der Waals surface area (Å²) in [4.78, 5) is 8.47. The summed E-state index contributed by atoms with van der Waals surface area (Å²) < 4.78 is 45.7. The van der Waals surface area contributed by atoms with E-state index in [1.807, 2.05) is 24.3 Å². The molecule has 0 bridgehead atoms. The summed E-state index contributed by atoms with van der Waals surface area (Å²) in [6.45, 7) is 3.33. The van der Waals surface area contributed by atoms with E-state index in [9.17, 15) is 13.2 Å². The van der Waals surface area contributed by atoms with Crippen molar-refractivity contribution in [3.8, 4) is 16.9 Å². The van der Waals surface area contributed by atoms with Crippen molar-refractivity contribution in [2.75, 3.05) is 24.1 Å². The first-order chi connectivity index (χ1) is 15.3. The highest BCUT2D eigenvalue weighted by Gasteiger charge is 2.33. The predicted octanol–water partition coefficient (Wildman–Crippen LogP) is 4.93. The van der Waals surface area contributed by atoms with Crippen LogP contribution < -0.4 is 21.1 Å². The van der Waals surface area contributed by atoms with E-state index in [-0.39, 0.29) is 23.4 Å². The predicted molar refractivity (Wildman–Crippen MR) is 118 cm³/mol. The lowest BCUT2D eigenvalue weighted by Gasteiger charge is -2.23. The summed E-state index contributed by atoms with van der Waals surface area (Å²) in [6, 6.07) is 11.4. The van der Waals surface area contributed by atoms with Gasteiger partial charge in [0.05, 0.1) is 5.56 Å². The molecule has 6 nitrogen and oxygen atoms in total. The normalized spacial score (nSPS) is 14.9. The van der Waals surface area contributed by atoms with Crippen LogP contribution in [0.15, 0.2) is 48.7 Å². The third-order valence-electron chi connectivity index (χ3n) is 5.45. The standard InChI is InChI=1S/C23H24F3N5O/c1-14-18(3-2-4-20(14)23(24,25)26)19-13-29-22(31-21(19)27)30-15-5-7-16(8-6-15)32-17-9-11-28-12-10-17/h2-8,13,17,28H,9-12H2,1H3,(H3,27,29,30,31). The first kappa shape index (κ1) is 21.9. The molecular formula is C23H24F3N5O. The number of ether oxygens (including phenoxy) is 1. The van der Waals surface area contributed by atoms with Gasteiger partial charge in [-0.25, -0.2) is 4.98 Å². The van der Waals surface area contributed by atoms with Crippen LogP contribution in [-0.4, -0.2) is 29.2 Å². The molecule has 2 heterocycles. The number of anilines is 3. The van der Waals surface area contributed by atoms with Crippen molar-refractivity contribution in [1.82, 2.24) is 15.3 Å². The minimum absolute atomic E-state index is 0.0837. The monoisotopic (exact) mass is 443 g/mol. The lowest BCUT2D eigenvalue weighted by molar-refractivity contribution is -0.138. The molecule has 2 aromatic carbocycles. The Balaban J connectivity index is 1.48. The van der Waals surface area contributed by atoms with E-state index in [0.29, 0.717) is 11.1 Å². The fourth-order valence-electron chi connectivity index (χ4n) is 3.75. The summed E-state index contributed by atoms with van der Waals surface area (Å²) >= 11 is 0. The average molecular weight is 443 g/mol. The van der Waals surface area contributed by atoms with Crippen molar-refractivity contribution in [3.05, 3.63) is 59.8 Å². The van der Waals surface area contributed by atoms with Gasteiger partial charge in [-0.2, -0.15) is 18.2 Å². The second kappa shape index (κ2) is 9.04. The molecule has 0 unspecified atom stereocenters. The molecule has 1 aliphatic heterocycles. The SMILES string of the molecule is Cc1c(-c2cnc(Nc3ccc(OC4CCNCC4)cc3)nc2N)cccc1C(F)(F)F. The average Bonchev–Trinajstić information content (AvgIpc) is 2.76. The molecule has 32 heavy (non-hydrogen) atoms. The van der Waals surface area contributed by atoms with E-state index >= 15 is 0 Å². The number of nitrogens with one attached hydrogen (secondary N) is 2. The molecule has 0 aliphatic carbocycles. The van der Waals surface area contributed by atoms with Crippen LogP contribution >= 0.6 is 0 Å². The van der Waals surface area contributed by atoms with Gasteiger partial charge >= 0.3 is 6.18 Å². The Labute approximate surface area is 184 Å². The molecule has 0 spiro atoms. The van der Waals surface area contributed by atoms with Crippen molar-refractivity contribution >= 4 is 17.5 Å². The molecule has 1 fully saturated rings. The molecule has 9 heteroatoms. The molecule has 168 valence electrons. The van der Waals surface area contributed by atoms with Gasteiger partial charge in [-0.3, -0.25) is 0 Å². The molecule has 1 aliphatic rings. The minimum Gasteiger partial charge on any atom is -0.490 e. The maximum atomic E-state index is 13.2. The van der Waals surface area contributed by atoms with Gasteiger partial charge in [-0.1, -0.05) is 12.1 Å². The maximum Gasteiger partial charge on any atom is 0.416 e. The van der Waals surface area contributed by atoms with Crippen molar-refractivity contribution in [1.29, 1.82) is 0 Å². The number of hydrogen-bond donors (Lipinski definition) is 3. The Morgan fingerprint density at radius 1 is 1.06 bits per heavy atom. The number of halogens is 3. The first-order valence-electron chi connectivity index (χ1n) is 10.4. The fourth-order valence-corrected chi connectivity index (χ4v) is 3.75. The lowest BCUT2D eigenvalue weighted by Crippen LogP contribution is -2.34. The Morgan fingerprint density at radius 3 is 2.44 bits per heavy atom. The van der Waals surface area contributed by atoms with Crippen LogP contribution in [0.25, 0.3) is 11.1 Å². The molecule has 3 aromatic rings. The van der Waals surface area contributed by atoms with E-state index in [0.717, 1.165) is 43.4 Å². The van der Waals surface area contributed by atoms with E-state index < -0.39 is 11.7 Å². The van der Waals surface area contributed by atoms with E-state index in [4.69, 9.17) is 10.5 Å². The van der Waals surface area contributed by atoms with Crippen LogP contribution in [0, 0.1) is 6.92 Å². The highest BCUT2D eigenvalue weighted by Crippen LogP contribution is 2.37. The van der Waals surface area contributed by atoms with E-state index in [2.05, 4.69) is 20.6 Å². The number of nitrogen functional groups attached to an aromatic ring is 1. The maximum absolute atomic E-state index is 13.2. The van der Waals surface area contributed by atoms with Crippen LogP contribution in [0.4, 0.5) is 30.6 Å². The summed E-state index contributed by atoms with van der Waals surface area (Å²) in [6.07, 6.45) is -0.844. The molecule has 0 atom stereocenters. The lowest BCUT2D eigenvalue weighted by atomic mass is 9.97. The second-order valence-electron chi connectivity index (χ2n) is 7.69. The first-order valence-corrected chi connectivity index (χ1v) is 10.4. The number of nitrogens with zero attached hydrogens (tertiary/aromatic N) is 2. The molecule has 0 amide bonds. The van der Waals surface area contributed by atoms with Gasteiger partial charge in [-0.15, -0.1) is 0 Å². The van der Waals surface area contributed by atoms with Crippen LogP contribution in [0.3, 0.4) is 0 Å². The Morgan fingerprint density at radius 2 is 1.78 bits per heavy atom. The van der Waals surface area contributed by atoms with Crippen LogP contribution in [0.5, 0.6) is 5.75 Å². The number of alkyl halides is 3. The van der Waals surface area contributed by atoms with Gasteiger partial charge in [0.2, 0.25) is 5.95 Å².